The second kappa shape index (κ2) is 9.64. The zero-order valence-corrected chi connectivity index (χ0v) is 17.9. The fourth-order valence-corrected chi connectivity index (χ4v) is 4.15. The number of ether oxygens (including phenoxy) is 2. The van der Waals surface area contributed by atoms with Crippen LogP contribution in [-0.2, 0) is 25.5 Å². The van der Waals surface area contributed by atoms with Crippen LogP contribution in [0.4, 0.5) is 0 Å². The molecule has 4 rings (SSSR count). The van der Waals surface area contributed by atoms with Gasteiger partial charge in [-0.25, -0.2) is 4.99 Å². The molecule has 0 spiro atoms. The standard InChI is InChI=1S/C26H26N2O4/c1-31-22(29)18-27-25(30)26(17-19-11-5-2-6-12-19)23(20-13-7-3-8-14-20)32-24(28-26)21-15-9-4-10-16-21/h2-13,15-16,20,23H,14,17-18H2,1H3,(H,27,30)/t20?,23-,26-/m0/s1. The van der Waals surface area contributed by atoms with Crippen molar-refractivity contribution < 1.29 is 19.1 Å². The molecule has 1 aliphatic carbocycles. The lowest BCUT2D eigenvalue weighted by atomic mass is 9.77. The van der Waals surface area contributed by atoms with Crippen molar-refractivity contribution in [2.24, 2.45) is 10.9 Å². The lowest BCUT2D eigenvalue weighted by molar-refractivity contribution is -0.142. The fourth-order valence-electron chi connectivity index (χ4n) is 4.15. The summed E-state index contributed by atoms with van der Waals surface area (Å²) in [5, 5.41) is 2.73. The maximum Gasteiger partial charge on any atom is 0.325 e. The molecular weight excluding hydrogens is 404 g/mol. The molecule has 2 aromatic carbocycles. The number of carbonyl (C=O) groups excluding carboxylic acids is 2. The summed E-state index contributed by atoms with van der Waals surface area (Å²) in [6.07, 6.45) is 8.63. The van der Waals surface area contributed by atoms with Gasteiger partial charge in [-0.1, -0.05) is 72.8 Å². The molecule has 6 nitrogen and oxygen atoms in total. The van der Waals surface area contributed by atoms with Crippen molar-refractivity contribution in [1.82, 2.24) is 5.32 Å². The van der Waals surface area contributed by atoms with E-state index in [1.807, 2.05) is 72.8 Å². The summed E-state index contributed by atoms with van der Waals surface area (Å²) >= 11 is 0. The average molecular weight is 431 g/mol. The molecule has 32 heavy (non-hydrogen) atoms. The number of esters is 1. The minimum absolute atomic E-state index is 0.0439. The van der Waals surface area contributed by atoms with Crippen LogP contribution in [0.15, 0.2) is 90.0 Å². The first-order chi connectivity index (χ1) is 15.6. The summed E-state index contributed by atoms with van der Waals surface area (Å²) in [5.41, 5.74) is 0.534. The molecule has 0 saturated heterocycles. The van der Waals surface area contributed by atoms with Gasteiger partial charge in [0.05, 0.1) is 7.11 Å². The number of allylic oxidation sites excluding steroid dienone is 3. The number of carbonyl (C=O) groups is 2. The minimum Gasteiger partial charge on any atom is -0.470 e. The van der Waals surface area contributed by atoms with Gasteiger partial charge in [0, 0.05) is 17.9 Å². The molecule has 6 heteroatoms. The Balaban J connectivity index is 1.77. The van der Waals surface area contributed by atoms with E-state index in [0.717, 1.165) is 17.5 Å². The Hall–Kier alpha value is -3.67. The Bertz CT molecular complexity index is 1050. The highest BCUT2D eigenvalue weighted by atomic mass is 16.5. The number of rotatable bonds is 7. The van der Waals surface area contributed by atoms with Gasteiger partial charge in [-0.3, -0.25) is 9.59 Å². The number of nitrogens with one attached hydrogen (secondary N) is 1. The molecule has 1 aliphatic heterocycles. The number of benzene rings is 2. The molecule has 0 fully saturated rings. The van der Waals surface area contributed by atoms with Crippen molar-refractivity contribution in [3.05, 3.63) is 96.1 Å². The molecule has 1 unspecified atom stereocenters. The molecule has 0 aromatic heterocycles. The molecule has 0 radical (unpaired) electrons. The third-order valence-electron chi connectivity index (χ3n) is 5.76. The van der Waals surface area contributed by atoms with E-state index in [0.29, 0.717) is 12.3 Å². The zero-order valence-electron chi connectivity index (χ0n) is 17.9. The van der Waals surface area contributed by atoms with E-state index >= 15 is 0 Å². The van der Waals surface area contributed by atoms with E-state index in [2.05, 4.69) is 17.5 Å². The molecule has 164 valence electrons. The Morgan fingerprint density at radius 3 is 2.47 bits per heavy atom. The molecule has 3 atom stereocenters. The van der Waals surface area contributed by atoms with Crippen LogP contribution in [0.1, 0.15) is 17.5 Å². The quantitative estimate of drug-likeness (QED) is 0.685. The second-order valence-electron chi connectivity index (χ2n) is 7.88. The minimum atomic E-state index is -1.24. The lowest BCUT2D eigenvalue weighted by Crippen LogP contribution is -2.56. The van der Waals surface area contributed by atoms with Gasteiger partial charge >= 0.3 is 5.97 Å². The van der Waals surface area contributed by atoms with Gasteiger partial charge < -0.3 is 14.8 Å². The van der Waals surface area contributed by atoms with Crippen molar-refractivity contribution in [3.8, 4) is 0 Å². The molecule has 1 heterocycles. The maximum absolute atomic E-state index is 13.7. The van der Waals surface area contributed by atoms with Gasteiger partial charge in [-0.05, 0) is 24.1 Å². The van der Waals surface area contributed by atoms with Crippen LogP contribution < -0.4 is 5.32 Å². The zero-order chi connectivity index (χ0) is 22.4. The van der Waals surface area contributed by atoms with Crippen LogP contribution in [0, 0.1) is 5.92 Å². The number of aliphatic imine (C=N–C) groups is 1. The summed E-state index contributed by atoms with van der Waals surface area (Å²) in [6, 6.07) is 19.3. The monoisotopic (exact) mass is 430 g/mol. The summed E-state index contributed by atoms with van der Waals surface area (Å²) in [4.78, 5) is 30.3. The van der Waals surface area contributed by atoms with Gasteiger partial charge in [-0.15, -0.1) is 0 Å². The first-order valence-corrected chi connectivity index (χ1v) is 10.7. The number of methoxy groups -OCH3 is 1. The van der Waals surface area contributed by atoms with Gasteiger partial charge in [0.25, 0.3) is 5.91 Å². The number of hydrogen-bond donors (Lipinski definition) is 1. The number of nitrogens with zero attached hydrogens (tertiary/aromatic N) is 1. The number of hydrogen-bond acceptors (Lipinski definition) is 5. The van der Waals surface area contributed by atoms with E-state index < -0.39 is 17.6 Å². The fraction of sp³-hybridized carbons (Fsp3) is 0.269. The molecule has 0 saturated carbocycles. The largest absolute Gasteiger partial charge is 0.470 e. The molecule has 2 aliphatic rings. The summed E-state index contributed by atoms with van der Waals surface area (Å²) in [5.74, 6) is -0.484. The van der Waals surface area contributed by atoms with Crippen molar-refractivity contribution in [3.63, 3.8) is 0 Å². The smallest absolute Gasteiger partial charge is 0.325 e. The van der Waals surface area contributed by atoms with E-state index in [-0.39, 0.29) is 18.4 Å². The van der Waals surface area contributed by atoms with Gasteiger partial charge in [-0.2, -0.15) is 0 Å². The first-order valence-electron chi connectivity index (χ1n) is 10.7. The van der Waals surface area contributed by atoms with Gasteiger partial charge in [0.1, 0.15) is 12.6 Å². The highest BCUT2D eigenvalue weighted by Gasteiger charge is 2.54. The molecule has 2 aromatic rings. The van der Waals surface area contributed by atoms with Crippen LogP contribution in [0.2, 0.25) is 0 Å². The predicted octanol–water partition coefficient (Wildman–Crippen LogP) is 3.24. The van der Waals surface area contributed by atoms with Crippen molar-refractivity contribution in [2.45, 2.75) is 24.5 Å². The third-order valence-corrected chi connectivity index (χ3v) is 5.76. The van der Waals surface area contributed by atoms with Crippen molar-refractivity contribution in [2.75, 3.05) is 13.7 Å². The van der Waals surface area contributed by atoms with Crippen LogP contribution in [0.3, 0.4) is 0 Å². The maximum atomic E-state index is 13.7. The molecule has 1 amide bonds. The Morgan fingerprint density at radius 1 is 1.09 bits per heavy atom. The average Bonchev–Trinajstić information content (AvgIpc) is 3.24. The van der Waals surface area contributed by atoms with Crippen LogP contribution >= 0.6 is 0 Å². The van der Waals surface area contributed by atoms with Crippen LogP contribution in [0.25, 0.3) is 0 Å². The Kier molecular flexibility index (Phi) is 6.50. The first kappa shape index (κ1) is 21.6. The van der Waals surface area contributed by atoms with E-state index in [1.165, 1.54) is 7.11 Å². The highest BCUT2D eigenvalue weighted by molar-refractivity contribution is 6.01. The summed E-state index contributed by atoms with van der Waals surface area (Å²) in [6.45, 7) is -0.227. The van der Waals surface area contributed by atoms with Gasteiger partial charge in [0.15, 0.2) is 5.54 Å². The summed E-state index contributed by atoms with van der Waals surface area (Å²) in [7, 11) is 1.29. The summed E-state index contributed by atoms with van der Waals surface area (Å²) < 4.78 is 11.1. The third kappa shape index (κ3) is 4.49. The number of amides is 1. The Labute approximate surface area is 187 Å². The van der Waals surface area contributed by atoms with Crippen LogP contribution in [0.5, 0.6) is 0 Å². The lowest BCUT2D eigenvalue weighted by Gasteiger charge is -2.34. The van der Waals surface area contributed by atoms with E-state index in [9.17, 15) is 9.59 Å². The second-order valence-corrected chi connectivity index (χ2v) is 7.88. The SMILES string of the molecule is COC(=O)CNC(=O)[C@@]1(Cc2ccccc2)N=C(c2ccccc2)O[C@H]1C1C=CC=CC1. The highest BCUT2D eigenvalue weighted by Crippen LogP contribution is 2.39. The topological polar surface area (TPSA) is 77.0 Å². The van der Waals surface area contributed by atoms with Gasteiger partial charge in [0.2, 0.25) is 5.90 Å². The molecular formula is C26H26N2O4. The van der Waals surface area contributed by atoms with Crippen LogP contribution in [-0.4, -0.2) is 43.1 Å². The molecule has 0 bridgehead atoms. The normalized spacial score (nSPS) is 23.8. The van der Waals surface area contributed by atoms with Crippen molar-refractivity contribution >= 4 is 17.8 Å². The predicted molar refractivity (Wildman–Crippen MR) is 122 cm³/mol. The van der Waals surface area contributed by atoms with E-state index in [4.69, 9.17) is 14.5 Å². The Morgan fingerprint density at radius 2 is 1.81 bits per heavy atom. The molecule has 1 N–H and O–H groups in total. The van der Waals surface area contributed by atoms with Crippen molar-refractivity contribution in [1.29, 1.82) is 0 Å². The van der Waals surface area contributed by atoms with E-state index in [1.54, 1.807) is 0 Å².